The Labute approximate surface area is 183 Å². The molecule has 1 N–H and O–H groups in total. The van der Waals surface area contributed by atoms with Gasteiger partial charge in [0.25, 0.3) is 0 Å². The van der Waals surface area contributed by atoms with E-state index < -0.39 is 14.6 Å². The zero-order valence-corrected chi connectivity index (χ0v) is 21.2. The maximum Gasteiger partial charge on any atom is 0.193 e. The van der Waals surface area contributed by atoms with Crippen LogP contribution in [0.1, 0.15) is 48.0 Å². The summed E-state index contributed by atoms with van der Waals surface area (Å²) in [4.78, 5) is 9.08. The van der Waals surface area contributed by atoms with Crippen LogP contribution < -0.4 is 5.32 Å². The Morgan fingerprint density at radius 3 is 2.26 bits per heavy atom. The maximum absolute atomic E-state index is 12.3. The topological polar surface area (TPSA) is 65.0 Å². The molecule has 0 aliphatic carbocycles. The number of guanidine groups is 1. The fourth-order valence-corrected chi connectivity index (χ4v) is 5.59. The van der Waals surface area contributed by atoms with Gasteiger partial charge in [0.15, 0.2) is 15.8 Å². The number of piperidine rings is 1. The normalized spacial score (nSPS) is 29.1. The van der Waals surface area contributed by atoms with Crippen molar-refractivity contribution >= 4 is 39.8 Å². The first kappa shape index (κ1) is 24.9. The summed E-state index contributed by atoms with van der Waals surface area (Å²) in [6.45, 7) is 16.9. The Balaban J connectivity index is 0.00000364. The van der Waals surface area contributed by atoms with Gasteiger partial charge in [0.1, 0.15) is 0 Å². The molecule has 2 heterocycles. The minimum Gasteiger partial charge on any atom is -0.354 e. The van der Waals surface area contributed by atoms with Crippen LogP contribution in [-0.4, -0.2) is 80.0 Å². The molecular weight excluding hydrogens is 475 g/mol. The molecular formula is C19H39IN4O2S. The van der Waals surface area contributed by atoms with Crippen molar-refractivity contribution in [3.05, 3.63) is 0 Å². The predicted molar refractivity (Wildman–Crippen MR) is 125 cm³/mol. The Bertz CT molecular complexity index is 624. The Morgan fingerprint density at radius 1 is 1.22 bits per heavy atom. The monoisotopic (exact) mass is 514 g/mol. The highest BCUT2D eigenvalue weighted by atomic mass is 127. The highest BCUT2D eigenvalue weighted by Crippen LogP contribution is 2.27. The summed E-state index contributed by atoms with van der Waals surface area (Å²) < 4.78 is 23.8. The second-order valence-electron chi connectivity index (χ2n) is 9.56. The van der Waals surface area contributed by atoms with Gasteiger partial charge in [-0.15, -0.1) is 24.0 Å². The highest BCUT2D eigenvalue weighted by molar-refractivity contribution is 14.0. The summed E-state index contributed by atoms with van der Waals surface area (Å²) in [6, 6.07) is 0. The van der Waals surface area contributed by atoms with Gasteiger partial charge in [-0.1, -0.05) is 13.8 Å². The van der Waals surface area contributed by atoms with Gasteiger partial charge in [-0.05, 0) is 46.0 Å². The van der Waals surface area contributed by atoms with Crippen LogP contribution in [0.3, 0.4) is 0 Å². The van der Waals surface area contributed by atoms with Crippen LogP contribution in [0, 0.1) is 11.8 Å². The number of hydrogen-bond donors (Lipinski definition) is 1. The van der Waals surface area contributed by atoms with Gasteiger partial charge in [0, 0.05) is 45.3 Å². The van der Waals surface area contributed by atoms with E-state index in [1.165, 1.54) is 6.42 Å². The molecule has 160 valence electrons. The minimum absolute atomic E-state index is 0. The molecule has 8 heteroatoms. The molecule has 2 aliphatic rings. The van der Waals surface area contributed by atoms with Crippen molar-refractivity contribution in [1.29, 1.82) is 0 Å². The fraction of sp³-hybridized carbons (Fsp3) is 0.947. The summed E-state index contributed by atoms with van der Waals surface area (Å²) in [7, 11) is -1.27. The van der Waals surface area contributed by atoms with E-state index in [-0.39, 0.29) is 35.3 Å². The van der Waals surface area contributed by atoms with Gasteiger partial charge >= 0.3 is 0 Å². The first-order chi connectivity index (χ1) is 11.9. The van der Waals surface area contributed by atoms with Crippen LogP contribution in [0.5, 0.6) is 0 Å². The van der Waals surface area contributed by atoms with Crippen molar-refractivity contribution in [2.24, 2.45) is 16.8 Å². The first-order valence-corrected chi connectivity index (χ1v) is 11.5. The zero-order chi connectivity index (χ0) is 19.8. The Hall–Kier alpha value is -0.0900. The van der Waals surface area contributed by atoms with E-state index in [1.54, 1.807) is 7.05 Å². The zero-order valence-electron chi connectivity index (χ0n) is 18.1. The first-order valence-electron chi connectivity index (χ1n) is 9.81. The molecule has 0 spiro atoms. The van der Waals surface area contributed by atoms with Crippen molar-refractivity contribution < 1.29 is 8.42 Å². The summed E-state index contributed by atoms with van der Waals surface area (Å²) >= 11 is 0. The fourth-order valence-electron chi connectivity index (χ4n) is 4.22. The lowest BCUT2D eigenvalue weighted by Crippen LogP contribution is -2.60. The van der Waals surface area contributed by atoms with Crippen molar-refractivity contribution in [2.75, 3.05) is 45.5 Å². The number of halogens is 1. The second kappa shape index (κ2) is 9.15. The van der Waals surface area contributed by atoms with Crippen LogP contribution in [-0.2, 0) is 9.84 Å². The van der Waals surface area contributed by atoms with E-state index in [0.717, 1.165) is 37.4 Å². The average Bonchev–Trinajstić information content (AvgIpc) is 2.50. The number of likely N-dealkylation sites (tertiary alicyclic amines) is 1. The van der Waals surface area contributed by atoms with Gasteiger partial charge in [0.2, 0.25) is 0 Å². The van der Waals surface area contributed by atoms with E-state index in [4.69, 9.17) is 0 Å². The number of aliphatic imine (C=N–C) groups is 1. The molecule has 0 aromatic heterocycles. The molecule has 0 radical (unpaired) electrons. The van der Waals surface area contributed by atoms with Crippen molar-refractivity contribution in [3.8, 4) is 0 Å². The van der Waals surface area contributed by atoms with Crippen LogP contribution in [0.4, 0.5) is 0 Å². The van der Waals surface area contributed by atoms with E-state index in [2.05, 4.69) is 47.8 Å². The smallest absolute Gasteiger partial charge is 0.193 e. The largest absolute Gasteiger partial charge is 0.354 e. The van der Waals surface area contributed by atoms with Gasteiger partial charge in [0.05, 0.1) is 10.5 Å². The highest BCUT2D eigenvalue weighted by Gasteiger charge is 2.41. The third-order valence-electron chi connectivity index (χ3n) is 5.96. The molecule has 2 fully saturated rings. The molecule has 2 unspecified atom stereocenters. The van der Waals surface area contributed by atoms with Gasteiger partial charge < -0.3 is 10.2 Å². The van der Waals surface area contributed by atoms with E-state index in [1.807, 2.05) is 13.8 Å². The number of sulfone groups is 1. The molecule has 2 atom stereocenters. The van der Waals surface area contributed by atoms with Crippen molar-refractivity contribution in [1.82, 2.24) is 15.1 Å². The lowest BCUT2D eigenvalue weighted by molar-refractivity contribution is 0.0480. The van der Waals surface area contributed by atoms with E-state index in [9.17, 15) is 8.42 Å². The summed E-state index contributed by atoms with van der Waals surface area (Å²) in [5, 5.41) is 3.51. The summed E-state index contributed by atoms with van der Waals surface area (Å²) in [5.41, 5.74) is 0.0241. The maximum atomic E-state index is 12.3. The third kappa shape index (κ3) is 5.95. The minimum atomic E-state index is -3.04. The Morgan fingerprint density at radius 2 is 1.78 bits per heavy atom. The molecule has 6 nitrogen and oxygen atoms in total. The van der Waals surface area contributed by atoms with Crippen molar-refractivity contribution in [2.45, 2.75) is 58.2 Å². The SMILES string of the molecule is CN=C(NCC(C)(C)N1CC(C)CC(C)C1)N1CCS(=O)(=O)C(C)(C)C1.I. The molecule has 0 aromatic carbocycles. The summed E-state index contributed by atoms with van der Waals surface area (Å²) in [5.74, 6) is 2.45. The molecule has 0 amide bonds. The Kier molecular flexibility index (Phi) is 8.46. The number of rotatable bonds is 3. The number of hydrogen-bond acceptors (Lipinski definition) is 4. The third-order valence-corrected chi connectivity index (χ3v) is 8.49. The number of nitrogens with zero attached hydrogens (tertiary/aromatic N) is 3. The van der Waals surface area contributed by atoms with Gasteiger partial charge in [-0.25, -0.2) is 8.42 Å². The molecule has 2 rings (SSSR count). The van der Waals surface area contributed by atoms with E-state index >= 15 is 0 Å². The summed E-state index contributed by atoms with van der Waals surface area (Å²) in [6.07, 6.45) is 1.30. The lowest BCUT2D eigenvalue weighted by Gasteiger charge is -2.46. The number of nitrogens with one attached hydrogen (secondary N) is 1. The molecule has 0 saturated carbocycles. The lowest BCUT2D eigenvalue weighted by atomic mass is 9.88. The molecule has 2 saturated heterocycles. The molecule has 2 aliphatic heterocycles. The molecule has 0 bridgehead atoms. The molecule has 27 heavy (non-hydrogen) atoms. The van der Waals surface area contributed by atoms with Crippen LogP contribution in [0.25, 0.3) is 0 Å². The van der Waals surface area contributed by atoms with Crippen LogP contribution in [0.2, 0.25) is 0 Å². The van der Waals surface area contributed by atoms with Crippen molar-refractivity contribution in [3.63, 3.8) is 0 Å². The van der Waals surface area contributed by atoms with Crippen LogP contribution in [0.15, 0.2) is 4.99 Å². The van der Waals surface area contributed by atoms with Crippen LogP contribution >= 0.6 is 24.0 Å². The second-order valence-corrected chi connectivity index (χ2v) is 12.3. The quantitative estimate of drug-likeness (QED) is 0.356. The molecule has 0 aromatic rings. The predicted octanol–water partition coefficient (Wildman–Crippen LogP) is 2.45. The standard InChI is InChI=1S/C19H38N4O2S.HI/c1-15-10-16(2)12-23(11-15)18(3,4)13-21-17(20-7)22-8-9-26(24,25)19(5,6)14-22;/h15-16H,8-14H2,1-7H3,(H,20,21);1H. The van der Waals surface area contributed by atoms with Gasteiger partial charge in [-0.3, -0.25) is 9.89 Å². The average molecular weight is 515 g/mol. The van der Waals surface area contributed by atoms with Gasteiger partial charge in [-0.2, -0.15) is 0 Å². The van der Waals surface area contributed by atoms with E-state index in [0.29, 0.717) is 13.1 Å².